The minimum absolute atomic E-state index is 0.0601. The molecule has 0 bridgehead atoms. The molecule has 0 spiro atoms. The summed E-state index contributed by atoms with van der Waals surface area (Å²) in [6.07, 6.45) is 3.79. The minimum Gasteiger partial charge on any atom is -0.365 e. The molecule has 0 aromatic heterocycles. The van der Waals surface area contributed by atoms with E-state index in [0.29, 0.717) is 10.7 Å². The quantitative estimate of drug-likeness (QED) is 0.684. The van der Waals surface area contributed by atoms with Gasteiger partial charge in [-0.2, -0.15) is 0 Å². The molecule has 6 heteroatoms. The van der Waals surface area contributed by atoms with Crippen LogP contribution in [0.5, 0.6) is 0 Å². The molecule has 1 aliphatic carbocycles. The van der Waals surface area contributed by atoms with Crippen LogP contribution in [-0.2, 0) is 0 Å². The molecule has 5 nitrogen and oxygen atoms in total. The molecule has 0 aliphatic heterocycles. The lowest BCUT2D eigenvalue weighted by atomic mass is 9.90. The van der Waals surface area contributed by atoms with E-state index in [2.05, 4.69) is 0 Å². The van der Waals surface area contributed by atoms with Crippen molar-refractivity contribution in [3.63, 3.8) is 0 Å². The molecule has 0 amide bonds. The van der Waals surface area contributed by atoms with Gasteiger partial charge in [0.25, 0.3) is 5.69 Å². The summed E-state index contributed by atoms with van der Waals surface area (Å²) < 4.78 is 0. The van der Waals surface area contributed by atoms with Crippen molar-refractivity contribution in [3.05, 3.63) is 33.3 Å². The number of halogens is 1. The van der Waals surface area contributed by atoms with E-state index in [0.717, 1.165) is 25.7 Å². The Morgan fingerprint density at radius 3 is 2.58 bits per heavy atom. The molecule has 0 unspecified atom stereocenters. The van der Waals surface area contributed by atoms with Crippen molar-refractivity contribution >= 4 is 23.0 Å². The molecule has 104 valence electrons. The Morgan fingerprint density at radius 1 is 1.37 bits per heavy atom. The third-order valence-electron chi connectivity index (χ3n) is 3.80. The van der Waals surface area contributed by atoms with Crippen molar-refractivity contribution in [1.82, 2.24) is 0 Å². The maximum atomic E-state index is 11.1. The predicted molar refractivity (Wildman–Crippen MR) is 76.7 cm³/mol. The average molecular weight is 284 g/mol. The average Bonchev–Trinajstić information content (AvgIpc) is 2.38. The van der Waals surface area contributed by atoms with Crippen LogP contribution in [0.15, 0.2) is 18.2 Å². The highest BCUT2D eigenvalue weighted by atomic mass is 35.5. The van der Waals surface area contributed by atoms with Gasteiger partial charge in [0.2, 0.25) is 0 Å². The number of hydrogen-bond donors (Lipinski definition) is 1. The molecular formula is C13H18ClN3O2. The normalized spacial score (nSPS) is 23.1. The molecule has 1 aromatic carbocycles. The van der Waals surface area contributed by atoms with E-state index in [1.54, 1.807) is 12.1 Å². The van der Waals surface area contributed by atoms with Gasteiger partial charge in [0, 0.05) is 25.2 Å². The van der Waals surface area contributed by atoms with Gasteiger partial charge in [-0.05, 0) is 31.7 Å². The zero-order valence-electron chi connectivity index (χ0n) is 10.9. The van der Waals surface area contributed by atoms with Crippen LogP contribution in [0, 0.1) is 10.1 Å². The van der Waals surface area contributed by atoms with Gasteiger partial charge in [0.15, 0.2) is 0 Å². The van der Waals surface area contributed by atoms with Gasteiger partial charge in [-0.25, -0.2) is 0 Å². The van der Waals surface area contributed by atoms with Crippen LogP contribution in [-0.4, -0.2) is 24.1 Å². The Labute approximate surface area is 117 Å². The van der Waals surface area contributed by atoms with Gasteiger partial charge in [0.1, 0.15) is 5.69 Å². The lowest BCUT2D eigenvalue weighted by molar-refractivity contribution is -0.384. The first-order valence-electron chi connectivity index (χ1n) is 6.42. The fourth-order valence-corrected chi connectivity index (χ4v) is 2.97. The van der Waals surface area contributed by atoms with Crippen molar-refractivity contribution in [2.75, 3.05) is 11.9 Å². The molecule has 2 rings (SSSR count). The van der Waals surface area contributed by atoms with E-state index in [1.165, 1.54) is 6.07 Å². The van der Waals surface area contributed by atoms with Crippen molar-refractivity contribution in [1.29, 1.82) is 0 Å². The SMILES string of the molecule is CN(c1c(Cl)cccc1[N+](=O)[O-])C1CCC(N)CC1. The van der Waals surface area contributed by atoms with Gasteiger partial charge in [-0.3, -0.25) is 10.1 Å². The summed E-state index contributed by atoms with van der Waals surface area (Å²) in [6, 6.07) is 5.31. The van der Waals surface area contributed by atoms with E-state index in [1.807, 2.05) is 11.9 Å². The maximum absolute atomic E-state index is 11.1. The molecule has 0 saturated heterocycles. The van der Waals surface area contributed by atoms with Crippen LogP contribution in [0.1, 0.15) is 25.7 Å². The number of para-hydroxylation sites is 1. The Kier molecular flexibility index (Phi) is 4.27. The van der Waals surface area contributed by atoms with Gasteiger partial charge < -0.3 is 10.6 Å². The third-order valence-corrected chi connectivity index (χ3v) is 4.11. The highest BCUT2D eigenvalue weighted by molar-refractivity contribution is 6.33. The first-order valence-corrected chi connectivity index (χ1v) is 6.80. The number of benzene rings is 1. The Hall–Kier alpha value is -1.33. The summed E-state index contributed by atoms with van der Waals surface area (Å²) in [5, 5.41) is 11.5. The number of rotatable bonds is 3. The van der Waals surface area contributed by atoms with E-state index >= 15 is 0 Å². The van der Waals surface area contributed by atoms with Crippen LogP contribution in [0.4, 0.5) is 11.4 Å². The van der Waals surface area contributed by atoms with Crippen LogP contribution in [0.25, 0.3) is 0 Å². The summed E-state index contributed by atoms with van der Waals surface area (Å²) in [4.78, 5) is 12.7. The molecular weight excluding hydrogens is 266 g/mol. The van der Waals surface area contributed by atoms with Crippen molar-refractivity contribution < 1.29 is 4.92 Å². The minimum atomic E-state index is -0.383. The van der Waals surface area contributed by atoms with E-state index in [4.69, 9.17) is 17.3 Å². The summed E-state index contributed by atoms with van der Waals surface area (Å²) in [5.74, 6) is 0. The Balaban J connectivity index is 2.28. The molecule has 1 aromatic rings. The molecule has 1 fully saturated rings. The lowest BCUT2D eigenvalue weighted by Crippen LogP contribution is -2.39. The summed E-state index contributed by atoms with van der Waals surface area (Å²) in [7, 11) is 1.87. The van der Waals surface area contributed by atoms with Crippen LogP contribution in [0.3, 0.4) is 0 Å². The largest absolute Gasteiger partial charge is 0.365 e. The van der Waals surface area contributed by atoms with Crippen LogP contribution >= 0.6 is 11.6 Å². The van der Waals surface area contributed by atoms with Gasteiger partial charge in [-0.1, -0.05) is 17.7 Å². The molecule has 0 atom stereocenters. The lowest BCUT2D eigenvalue weighted by Gasteiger charge is -2.35. The summed E-state index contributed by atoms with van der Waals surface area (Å²) in [6.45, 7) is 0. The number of anilines is 1. The highest BCUT2D eigenvalue weighted by Gasteiger charge is 2.28. The molecule has 19 heavy (non-hydrogen) atoms. The summed E-state index contributed by atoms with van der Waals surface area (Å²) in [5.41, 5.74) is 6.46. The summed E-state index contributed by atoms with van der Waals surface area (Å²) >= 11 is 6.15. The number of nitrogens with zero attached hydrogens (tertiary/aromatic N) is 2. The molecule has 0 radical (unpaired) electrons. The van der Waals surface area contributed by atoms with E-state index in [9.17, 15) is 10.1 Å². The molecule has 2 N–H and O–H groups in total. The van der Waals surface area contributed by atoms with Gasteiger partial charge >= 0.3 is 0 Å². The molecule has 1 saturated carbocycles. The molecule has 1 aliphatic rings. The Morgan fingerprint density at radius 2 is 2.00 bits per heavy atom. The monoisotopic (exact) mass is 283 g/mol. The second-order valence-corrected chi connectivity index (χ2v) is 5.45. The van der Waals surface area contributed by atoms with Gasteiger partial charge in [0.05, 0.1) is 9.95 Å². The second kappa shape index (κ2) is 5.75. The topological polar surface area (TPSA) is 72.4 Å². The first kappa shape index (κ1) is 14.1. The second-order valence-electron chi connectivity index (χ2n) is 5.04. The van der Waals surface area contributed by atoms with E-state index in [-0.39, 0.29) is 22.7 Å². The third kappa shape index (κ3) is 2.98. The molecule has 0 heterocycles. The number of nitro benzene ring substituents is 1. The van der Waals surface area contributed by atoms with E-state index < -0.39 is 0 Å². The fourth-order valence-electron chi connectivity index (χ4n) is 2.67. The van der Waals surface area contributed by atoms with Crippen molar-refractivity contribution in [2.45, 2.75) is 37.8 Å². The van der Waals surface area contributed by atoms with Crippen LogP contribution < -0.4 is 10.6 Å². The maximum Gasteiger partial charge on any atom is 0.294 e. The van der Waals surface area contributed by atoms with Crippen LogP contribution in [0.2, 0.25) is 5.02 Å². The Bertz CT molecular complexity index is 473. The first-order chi connectivity index (χ1) is 9.00. The smallest absolute Gasteiger partial charge is 0.294 e. The fraction of sp³-hybridized carbons (Fsp3) is 0.538. The van der Waals surface area contributed by atoms with Crippen molar-refractivity contribution in [2.24, 2.45) is 5.73 Å². The predicted octanol–water partition coefficient (Wildman–Crippen LogP) is 2.95. The number of nitrogens with two attached hydrogens (primary N) is 1. The standard InChI is InChI=1S/C13H18ClN3O2/c1-16(10-7-5-9(15)6-8-10)13-11(14)3-2-4-12(13)17(18)19/h2-4,9-10H,5-8,15H2,1H3. The number of nitro groups is 1. The van der Waals surface area contributed by atoms with Gasteiger partial charge in [-0.15, -0.1) is 0 Å². The van der Waals surface area contributed by atoms with Crippen molar-refractivity contribution in [3.8, 4) is 0 Å². The zero-order valence-corrected chi connectivity index (χ0v) is 11.6. The number of hydrogen-bond acceptors (Lipinski definition) is 4. The zero-order chi connectivity index (χ0) is 14.0. The highest BCUT2D eigenvalue weighted by Crippen LogP contribution is 2.37.